The van der Waals surface area contributed by atoms with Crippen LogP contribution in [0.25, 0.3) is 0 Å². The third-order valence-corrected chi connectivity index (χ3v) is 3.51. The number of likely N-dealkylation sites (tertiary alicyclic amines) is 1. The molecular weight excluding hydrogens is 220 g/mol. The van der Waals surface area contributed by atoms with Crippen molar-refractivity contribution in [1.29, 1.82) is 0 Å². The summed E-state index contributed by atoms with van der Waals surface area (Å²) in [7, 11) is 0. The first kappa shape index (κ1) is 17.9. The monoisotopic (exact) mass is 256 g/mol. The zero-order valence-corrected chi connectivity index (χ0v) is 13.1. The van der Waals surface area contributed by atoms with Gasteiger partial charge >= 0.3 is 0 Å². The maximum atomic E-state index is 3.57. The van der Waals surface area contributed by atoms with E-state index in [1.165, 1.54) is 84.1 Å². The lowest BCUT2D eigenvalue weighted by atomic mass is 10.1. The van der Waals surface area contributed by atoms with Gasteiger partial charge in [-0.05, 0) is 38.9 Å². The van der Waals surface area contributed by atoms with Crippen LogP contribution in [0.1, 0.15) is 72.1 Å². The van der Waals surface area contributed by atoms with Crippen molar-refractivity contribution < 1.29 is 0 Å². The molecule has 0 aromatic rings. The van der Waals surface area contributed by atoms with Crippen molar-refractivity contribution in [3.63, 3.8) is 0 Å². The predicted molar refractivity (Wildman–Crippen MR) is 83.3 cm³/mol. The molecule has 1 saturated heterocycles. The van der Waals surface area contributed by atoms with Gasteiger partial charge in [0.2, 0.25) is 0 Å². The minimum absolute atomic E-state index is 1.19. The molecule has 2 heteroatoms. The van der Waals surface area contributed by atoms with E-state index in [0.717, 1.165) is 0 Å². The Morgan fingerprint density at radius 2 is 1.50 bits per heavy atom. The summed E-state index contributed by atoms with van der Waals surface area (Å²) in [5.74, 6) is 0. The molecule has 0 saturated carbocycles. The lowest BCUT2D eigenvalue weighted by Gasteiger charge is -2.26. The highest BCUT2D eigenvalue weighted by molar-refractivity contribution is 4.65. The standard InChI is InChI=1S/C14H30N2.C2H6/c1-2-3-4-5-7-10-15-11-14-16-12-8-6-9-13-16;1-2/h15H,2-14H2,1H3;1-2H3. The Morgan fingerprint density at radius 3 is 2.17 bits per heavy atom. The highest BCUT2D eigenvalue weighted by Crippen LogP contribution is 2.07. The molecule has 0 aromatic heterocycles. The molecule has 1 rings (SSSR count). The summed E-state index contributed by atoms with van der Waals surface area (Å²) < 4.78 is 0. The van der Waals surface area contributed by atoms with Gasteiger partial charge in [-0.3, -0.25) is 0 Å². The number of nitrogens with one attached hydrogen (secondary N) is 1. The van der Waals surface area contributed by atoms with Crippen LogP contribution in [0, 0.1) is 0 Å². The molecule has 0 aromatic carbocycles. The maximum Gasteiger partial charge on any atom is 0.0107 e. The number of unbranched alkanes of at least 4 members (excludes halogenated alkanes) is 4. The highest BCUT2D eigenvalue weighted by atomic mass is 15.1. The Morgan fingerprint density at radius 1 is 0.833 bits per heavy atom. The van der Waals surface area contributed by atoms with Crippen LogP contribution >= 0.6 is 0 Å². The average molecular weight is 256 g/mol. The van der Waals surface area contributed by atoms with E-state index >= 15 is 0 Å². The Bertz CT molecular complexity index is 142. The van der Waals surface area contributed by atoms with Gasteiger partial charge in [-0.1, -0.05) is 52.9 Å². The molecule has 18 heavy (non-hydrogen) atoms. The van der Waals surface area contributed by atoms with Crippen molar-refractivity contribution >= 4 is 0 Å². The molecule has 0 atom stereocenters. The summed E-state index contributed by atoms with van der Waals surface area (Å²) in [6.07, 6.45) is 11.2. The second kappa shape index (κ2) is 15.0. The van der Waals surface area contributed by atoms with E-state index in [1.807, 2.05) is 13.8 Å². The van der Waals surface area contributed by atoms with Crippen LogP contribution in [-0.2, 0) is 0 Å². The van der Waals surface area contributed by atoms with Crippen molar-refractivity contribution in [2.45, 2.75) is 72.1 Å². The molecule has 0 radical (unpaired) electrons. The van der Waals surface area contributed by atoms with Gasteiger partial charge in [0, 0.05) is 13.1 Å². The Hall–Kier alpha value is -0.0800. The molecule has 0 bridgehead atoms. The van der Waals surface area contributed by atoms with Crippen LogP contribution < -0.4 is 5.32 Å². The molecule has 1 aliphatic rings. The van der Waals surface area contributed by atoms with Gasteiger partial charge in [0.05, 0.1) is 0 Å². The summed E-state index contributed by atoms with van der Waals surface area (Å²) in [5.41, 5.74) is 0. The second-order valence-corrected chi connectivity index (χ2v) is 5.07. The van der Waals surface area contributed by atoms with Crippen LogP contribution in [0.5, 0.6) is 0 Å². The van der Waals surface area contributed by atoms with Gasteiger partial charge in [0.25, 0.3) is 0 Å². The molecule has 0 aliphatic carbocycles. The number of nitrogens with zero attached hydrogens (tertiary/aromatic N) is 1. The fraction of sp³-hybridized carbons (Fsp3) is 1.00. The van der Waals surface area contributed by atoms with Crippen LogP contribution in [0.3, 0.4) is 0 Å². The quantitative estimate of drug-likeness (QED) is 0.626. The van der Waals surface area contributed by atoms with Crippen molar-refractivity contribution in [2.24, 2.45) is 0 Å². The number of rotatable bonds is 9. The number of hydrogen-bond acceptors (Lipinski definition) is 2. The van der Waals surface area contributed by atoms with Crippen LogP contribution in [0.2, 0.25) is 0 Å². The third kappa shape index (κ3) is 11.0. The van der Waals surface area contributed by atoms with E-state index in [2.05, 4.69) is 17.1 Å². The molecule has 0 unspecified atom stereocenters. The summed E-state index contributed by atoms with van der Waals surface area (Å²) in [4.78, 5) is 2.60. The smallest absolute Gasteiger partial charge is 0.0107 e. The minimum Gasteiger partial charge on any atom is -0.315 e. The summed E-state index contributed by atoms with van der Waals surface area (Å²) >= 11 is 0. The number of piperidine rings is 1. The van der Waals surface area contributed by atoms with Gasteiger partial charge in [-0.2, -0.15) is 0 Å². The average Bonchev–Trinajstić information content (AvgIpc) is 2.45. The molecule has 1 N–H and O–H groups in total. The lowest BCUT2D eigenvalue weighted by molar-refractivity contribution is 0.229. The van der Waals surface area contributed by atoms with Crippen LogP contribution in [-0.4, -0.2) is 37.6 Å². The molecular formula is C16H36N2. The van der Waals surface area contributed by atoms with Gasteiger partial charge in [-0.15, -0.1) is 0 Å². The van der Waals surface area contributed by atoms with Crippen molar-refractivity contribution in [1.82, 2.24) is 10.2 Å². The minimum atomic E-state index is 1.19. The zero-order chi connectivity index (χ0) is 13.5. The normalized spacial score (nSPS) is 16.2. The number of hydrogen-bond donors (Lipinski definition) is 1. The van der Waals surface area contributed by atoms with E-state index < -0.39 is 0 Å². The van der Waals surface area contributed by atoms with Crippen molar-refractivity contribution in [3.05, 3.63) is 0 Å². The predicted octanol–water partition coefficient (Wildman–Crippen LogP) is 4.06. The fourth-order valence-electron chi connectivity index (χ4n) is 2.40. The lowest BCUT2D eigenvalue weighted by Crippen LogP contribution is -2.36. The van der Waals surface area contributed by atoms with Gasteiger partial charge in [0.15, 0.2) is 0 Å². The molecule has 2 nitrogen and oxygen atoms in total. The molecule has 1 aliphatic heterocycles. The van der Waals surface area contributed by atoms with Crippen LogP contribution in [0.15, 0.2) is 0 Å². The molecule has 110 valence electrons. The van der Waals surface area contributed by atoms with E-state index in [4.69, 9.17) is 0 Å². The highest BCUT2D eigenvalue weighted by Gasteiger charge is 2.08. The first-order chi connectivity index (χ1) is 8.93. The van der Waals surface area contributed by atoms with Crippen molar-refractivity contribution in [3.8, 4) is 0 Å². The van der Waals surface area contributed by atoms with Gasteiger partial charge < -0.3 is 10.2 Å². The summed E-state index contributed by atoms with van der Waals surface area (Å²) in [6, 6.07) is 0. The fourth-order valence-corrected chi connectivity index (χ4v) is 2.40. The summed E-state index contributed by atoms with van der Waals surface area (Å²) in [6.45, 7) is 12.6. The van der Waals surface area contributed by atoms with E-state index in [-0.39, 0.29) is 0 Å². The molecule has 1 heterocycles. The van der Waals surface area contributed by atoms with Gasteiger partial charge in [-0.25, -0.2) is 0 Å². The van der Waals surface area contributed by atoms with E-state index in [9.17, 15) is 0 Å². The zero-order valence-electron chi connectivity index (χ0n) is 13.1. The van der Waals surface area contributed by atoms with E-state index in [1.54, 1.807) is 0 Å². The maximum absolute atomic E-state index is 3.57. The van der Waals surface area contributed by atoms with E-state index in [0.29, 0.717) is 0 Å². The molecule has 0 amide bonds. The van der Waals surface area contributed by atoms with Crippen LogP contribution in [0.4, 0.5) is 0 Å². The Balaban J connectivity index is 0.00000137. The third-order valence-electron chi connectivity index (χ3n) is 3.51. The second-order valence-electron chi connectivity index (χ2n) is 5.07. The SMILES string of the molecule is CC.CCCCCCCNCCN1CCCCC1. The van der Waals surface area contributed by atoms with Gasteiger partial charge in [0.1, 0.15) is 0 Å². The first-order valence-electron chi connectivity index (χ1n) is 8.36. The Labute approximate surface area is 116 Å². The molecule has 0 spiro atoms. The first-order valence-corrected chi connectivity index (χ1v) is 8.36. The molecule has 1 fully saturated rings. The summed E-state index contributed by atoms with van der Waals surface area (Å²) in [5, 5.41) is 3.57. The largest absolute Gasteiger partial charge is 0.315 e. The van der Waals surface area contributed by atoms with Crippen molar-refractivity contribution in [2.75, 3.05) is 32.7 Å². The Kier molecular flexibility index (Phi) is 14.9. The topological polar surface area (TPSA) is 15.3 Å².